The highest BCUT2D eigenvalue weighted by Gasteiger charge is 2.21. The van der Waals surface area contributed by atoms with Crippen molar-refractivity contribution in [2.75, 3.05) is 17.4 Å². The predicted octanol–water partition coefficient (Wildman–Crippen LogP) is 2.84. The summed E-state index contributed by atoms with van der Waals surface area (Å²) in [4.78, 5) is 24.9. The molecule has 3 aromatic rings. The number of hydrogen-bond donors (Lipinski definition) is 2. The van der Waals surface area contributed by atoms with Gasteiger partial charge < -0.3 is 24.7 Å². The minimum absolute atomic E-state index is 0.0801. The number of hydrogen-bond acceptors (Lipinski definition) is 7. The van der Waals surface area contributed by atoms with E-state index in [4.69, 9.17) is 9.47 Å². The first-order chi connectivity index (χ1) is 15.0. The fourth-order valence-corrected chi connectivity index (χ4v) is 3.74. The lowest BCUT2D eigenvalue weighted by Crippen LogP contribution is -2.23. The van der Waals surface area contributed by atoms with E-state index in [9.17, 15) is 9.59 Å². The van der Waals surface area contributed by atoms with E-state index in [0.717, 1.165) is 5.69 Å². The van der Waals surface area contributed by atoms with E-state index < -0.39 is 5.25 Å². The molecule has 0 spiro atoms. The summed E-state index contributed by atoms with van der Waals surface area (Å²) >= 11 is 1.26. The Kier molecular flexibility index (Phi) is 6.08. The molecule has 0 saturated carbocycles. The molecular formula is C21H21N5O4S. The molecule has 0 saturated heterocycles. The number of nitrogens with zero attached hydrogens (tertiary/aromatic N) is 3. The Morgan fingerprint density at radius 1 is 1.06 bits per heavy atom. The van der Waals surface area contributed by atoms with E-state index in [1.54, 1.807) is 36.7 Å². The minimum Gasteiger partial charge on any atom is -0.454 e. The summed E-state index contributed by atoms with van der Waals surface area (Å²) in [5.41, 5.74) is 1.34. The highest BCUT2D eigenvalue weighted by atomic mass is 32.2. The number of aromatic nitrogens is 3. The second-order valence-corrected chi connectivity index (χ2v) is 8.17. The molecule has 2 N–H and O–H groups in total. The van der Waals surface area contributed by atoms with Crippen LogP contribution in [-0.4, -0.2) is 38.6 Å². The molecular weight excluding hydrogens is 418 g/mol. The van der Waals surface area contributed by atoms with Gasteiger partial charge in [-0.1, -0.05) is 30.0 Å². The molecule has 160 valence electrons. The van der Waals surface area contributed by atoms with Crippen LogP contribution in [0, 0.1) is 0 Å². The Morgan fingerprint density at radius 2 is 1.84 bits per heavy atom. The van der Waals surface area contributed by atoms with E-state index >= 15 is 0 Å². The topological polar surface area (TPSA) is 107 Å². The normalized spacial score (nSPS) is 13.0. The van der Waals surface area contributed by atoms with E-state index in [0.29, 0.717) is 28.2 Å². The minimum atomic E-state index is -0.431. The number of ether oxygens (including phenoxy) is 2. The number of nitrogens with one attached hydrogen (secondary N) is 2. The Morgan fingerprint density at radius 3 is 2.65 bits per heavy atom. The van der Waals surface area contributed by atoms with Crippen LogP contribution in [-0.2, 0) is 23.1 Å². The van der Waals surface area contributed by atoms with Gasteiger partial charge in [-0.25, -0.2) is 0 Å². The van der Waals surface area contributed by atoms with Crippen molar-refractivity contribution in [3.8, 4) is 11.5 Å². The van der Waals surface area contributed by atoms with Crippen LogP contribution in [0.5, 0.6) is 11.5 Å². The molecule has 4 rings (SSSR count). The molecule has 0 bridgehead atoms. The molecule has 1 unspecified atom stereocenters. The van der Waals surface area contributed by atoms with Crippen molar-refractivity contribution >= 4 is 35.0 Å². The second kappa shape index (κ2) is 9.09. The maximum absolute atomic E-state index is 12.6. The maximum Gasteiger partial charge on any atom is 0.237 e. The van der Waals surface area contributed by atoms with E-state index in [2.05, 4.69) is 20.8 Å². The number of carbonyl (C=O) groups excluding carboxylic acids is 2. The molecule has 9 nitrogen and oxygen atoms in total. The van der Waals surface area contributed by atoms with Gasteiger partial charge in [0.1, 0.15) is 5.82 Å². The van der Waals surface area contributed by atoms with Crippen LogP contribution in [0.3, 0.4) is 0 Å². The van der Waals surface area contributed by atoms with Gasteiger partial charge in [-0.2, -0.15) is 0 Å². The average molecular weight is 439 g/mol. The first kappa shape index (κ1) is 20.7. The van der Waals surface area contributed by atoms with Gasteiger partial charge in [0.25, 0.3) is 0 Å². The van der Waals surface area contributed by atoms with Crippen molar-refractivity contribution < 1.29 is 19.1 Å². The van der Waals surface area contributed by atoms with Crippen molar-refractivity contribution in [2.24, 2.45) is 7.05 Å². The smallest absolute Gasteiger partial charge is 0.237 e. The zero-order chi connectivity index (χ0) is 21.8. The van der Waals surface area contributed by atoms with Gasteiger partial charge >= 0.3 is 0 Å². The lowest BCUT2D eigenvalue weighted by atomic mass is 10.2. The van der Waals surface area contributed by atoms with Crippen molar-refractivity contribution in [3.05, 3.63) is 54.4 Å². The number of amides is 2. The van der Waals surface area contributed by atoms with E-state index in [1.165, 1.54) is 11.8 Å². The summed E-state index contributed by atoms with van der Waals surface area (Å²) < 4.78 is 12.3. The number of carbonyl (C=O) groups is 2. The summed E-state index contributed by atoms with van der Waals surface area (Å²) in [6.45, 7) is 1.96. The SMILES string of the molecule is CC(Sc1nnc(CC(=O)Nc2ccccc2)n1C)C(=O)Nc1ccc2c(c1)OCO2. The molecule has 1 aliphatic heterocycles. The van der Waals surface area contributed by atoms with Crippen molar-refractivity contribution in [3.63, 3.8) is 0 Å². The number of rotatable bonds is 7. The van der Waals surface area contributed by atoms with Crippen LogP contribution < -0.4 is 20.1 Å². The first-order valence-electron chi connectivity index (χ1n) is 9.60. The molecule has 1 aliphatic rings. The van der Waals surface area contributed by atoms with Gasteiger partial charge in [-0.3, -0.25) is 9.59 Å². The summed E-state index contributed by atoms with van der Waals surface area (Å²) in [7, 11) is 1.77. The number of thioether (sulfide) groups is 1. The summed E-state index contributed by atoms with van der Waals surface area (Å²) in [5, 5.41) is 14.0. The molecule has 1 atom stereocenters. The van der Waals surface area contributed by atoms with Gasteiger partial charge in [0.15, 0.2) is 16.7 Å². The Bertz CT molecular complexity index is 1100. The zero-order valence-corrected chi connectivity index (χ0v) is 17.8. The lowest BCUT2D eigenvalue weighted by Gasteiger charge is -2.12. The van der Waals surface area contributed by atoms with Crippen LogP contribution >= 0.6 is 11.8 Å². The van der Waals surface area contributed by atoms with E-state index in [-0.39, 0.29) is 25.0 Å². The maximum atomic E-state index is 12.6. The van der Waals surface area contributed by atoms with Crippen LogP contribution in [0.2, 0.25) is 0 Å². The summed E-state index contributed by atoms with van der Waals surface area (Å²) in [5.74, 6) is 1.40. The van der Waals surface area contributed by atoms with Crippen LogP contribution in [0.1, 0.15) is 12.7 Å². The van der Waals surface area contributed by atoms with Gasteiger partial charge in [0.05, 0.1) is 11.7 Å². The molecule has 2 amide bonds. The molecule has 0 radical (unpaired) electrons. The number of para-hydroxylation sites is 1. The zero-order valence-electron chi connectivity index (χ0n) is 17.0. The predicted molar refractivity (Wildman–Crippen MR) is 116 cm³/mol. The third-order valence-electron chi connectivity index (χ3n) is 4.59. The van der Waals surface area contributed by atoms with Gasteiger partial charge in [-0.05, 0) is 31.2 Å². The van der Waals surface area contributed by atoms with Crippen molar-refractivity contribution in [1.82, 2.24) is 14.8 Å². The first-order valence-corrected chi connectivity index (χ1v) is 10.5. The third-order valence-corrected chi connectivity index (χ3v) is 5.73. The quantitative estimate of drug-likeness (QED) is 0.545. The number of benzene rings is 2. The molecule has 31 heavy (non-hydrogen) atoms. The van der Waals surface area contributed by atoms with E-state index in [1.807, 2.05) is 30.3 Å². The fourth-order valence-electron chi connectivity index (χ4n) is 2.90. The number of fused-ring (bicyclic) bond motifs is 1. The lowest BCUT2D eigenvalue weighted by molar-refractivity contribution is -0.116. The molecule has 2 aromatic carbocycles. The Labute approximate surface area is 183 Å². The Hall–Kier alpha value is -3.53. The Balaban J connectivity index is 1.34. The van der Waals surface area contributed by atoms with Gasteiger partial charge in [0.2, 0.25) is 18.6 Å². The largest absolute Gasteiger partial charge is 0.454 e. The van der Waals surface area contributed by atoms with Crippen molar-refractivity contribution in [1.29, 1.82) is 0 Å². The van der Waals surface area contributed by atoms with Crippen molar-refractivity contribution in [2.45, 2.75) is 23.8 Å². The molecule has 0 fully saturated rings. The van der Waals surface area contributed by atoms with Crippen LogP contribution in [0.15, 0.2) is 53.7 Å². The molecule has 10 heteroatoms. The number of anilines is 2. The molecule has 0 aliphatic carbocycles. The standard InChI is InChI=1S/C21H21N5O4S/c1-13(20(28)23-15-8-9-16-17(10-15)30-12-29-16)31-21-25-24-18(26(21)2)11-19(27)22-14-6-4-3-5-7-14/h3-10,13H,11-12H2,1-2H3,(H,22,27)(H,23,28). The van der Waals surface area contributed by atoms with Gasteiger partial charge in [-0.15, -0.1) is 10.2 Å². The molecule has 2 heterocycles. The molecule has 1 aromatic heterocycles. The second-order valence-electron chi connectivity index (χ2n) is 6.87. The average Bonchev–Trinajstić information content (AvgIpc) is 3.36. The monoisotopic (exact) mass is 439 g/mol. The van der Waals surface area contributed by atoms with Gasteiger partial charge in [0, 0.05) is 24.5 Å². The van der Waals surface area contributed by atoms with Crippen LogP contribution in [0.4, 0.5) is 11.4 Å². The highest BCUT2D eigenvalue weighted by molar-refractivity contribution is 8.00. The summed E-state index contributed by atoms with van der Waals surface area (Å²) in [6, 6.07) is 14.5. The summed E-state index contributed by atoms with van der Waals surface area (Å²) in [6.07, 6.45) is 0.0801. The van der Waals surface area contributed by atoms with Crippen LogP contribution in [0.25, 0.3) is 0 Å². The third kappa shape index (κ3) is 4.97. The highest BCUT2D eigenvalue weighted by Crippen LogP contribution is 2.34. The fraction of sp³-hybridized carbons (Fsp3) is 0.238.